The maximum absolute atomic E-state index is 5.91. The Kier molecular flexibility index (Phi) is 4.48. The third-order valence-corrected chi connectivity index (χ3v) is 3.55. The second kappa shape index (κ2) is 5.93. The van der Waals surface area contributed by atoms with Gasteiger partial charge in [-0.3, -0.25) is 0 Å². The summed E-state index contributed by atoms with van der Waals surface area (Å²) in [5.41, 5.74) is 1.41. The summed E-state index contributed by atoms with van der Waals surface area (Å²) in [7, 11) is 1.69. The highest BCUT2D eigenvalue weighted by atomic mass is 16.5. The second-order valence-corrected chi connectivity index (χ2v) is 6.24. The van der Waals surface area contributed by atoms with Gasteiger partial charge in [0.1, 0.15) is 5.75 Å². The van der Waals surface area contributed by atoms with Crippen LogP contribution in [0.25, 0.3) is 0 Å². The lowest BCUT2D eigenvalue weighted by atomic mass is 9.94. The van der Waals surface area contributed by atoms with Crippen molar-refractivity contribution in [3.05, 3.63) is 29.8 Å². The molecule has 1 heterocycles. The molecule has 0 spiro atoms. The molecule has 0 radical (unpaired) electrons. The fourth-order valence-corrected chi connectivity index (χ4v) is 2.44. The Balaban J connectivity index is 2.01. The lowest BCUT2D eigenvalue weighted by Gasteiger charge is -2.26. The van der Waals surface area contributed by atoms with Gasteiger partial charge in [-0.15, -0.1) is 0 Å². The van der Waals surface area contributed by atoms with Gasteiger partial charge in [0.2, 0.25) is 0 Å². The number of nitrogens with one attached hydrogen (secondary N) is 1. The van der Waals surface area contributed by atoms with Crippen LogP contribution in [0.5, 0.6) is 5.75 Å². The largest absolute Gasteiger partial charge is 0.497 e. The Bertz CT molecular complexity index is 394. The molecule has 1 aromatic rings. The van der Waals surface area contributed by atoms with Crippen LogP contribution >= 0.6 is 0 Å². The SMILES string of the molecule is COc1ccc(C2OCCC2CNC(C)(C)C)cc1. The molecule has 1 aliphatic rings. The van der Waals surface area contributed by atoms with Crippen molar-refractivity contribution in [1.29, 1.82) is 0 Å². The van der Waals surface area contributed by atoms with Gasteiger partial charge in [0, 0.05) is 24.6 Å². The fraction of sp³-hybridized carbons (Fsp3) is 0.625. The maximum Gasteiger partial charge on any atom is 0.118 e. The summed E-state index contributed by atoms with van der Waals surface area (Å²) in [5, 5.41) is 3.58. The van der Waals surface area contributed by atoms with Crippen molar-refractivity contribution >= 4 is 0 Å². The van der Waals surface area contributed by atoms with E-state index >= 15 is 0 Å². The van der Waals surface area contributed by atoms with E-state index in [-0.39, 0.29) is 11.6 Å². The van der Waals surface area contributed by atoms with Crippen molar-refractivity contribution in [3.8, 4) is 5.75 Å². The minimum Gasteiger partial charge on any atom is -0.497 e. The predicted molar refractivity (Wildman–Crippen MR) is 77.5 cm³/mol. The minimum absolute atomic E-state index is 0.160. The Morgan fingerprint density at radius 3 is 2.53 bits per heavy atom. The first kappa shape index (κ1) is 14.4. The van der Waals surface area contributed by atoms with Gasteiger partial charge in [0.25, 0.3) is 0 Å². The molecule has 19 heavy (non-hydrogen) atoms. The summed E-state index contributed by atoms with van der Waals surface area (Å²) in [6.45, 7) is 8.45. The van der Waals surface area contributed by atoms with E-state index in [0.717, 1.165) is 25.3 Å². The molecule has 2 rings (SSSR count). The normalized spacial score (nSPS) is 23.6. The number of rotatable bonds is 4. The van der Waals surface area contributed by atoms with Crippen LogP contribution in [-0.4, -0.2) is 25.8 Å². The van der Waals surface area contributed by atoms with Crippen LogP contribution in [0.4, 0.5) is 0 Å². The Morgan fingerprint density at radius 1 is 1.26 bits per heavy atom. The van der Waals surface area contributed by atoms with Gasteiger partial charge in [-0.1, -0.05) is 12.1 Å². The Labute approximate surface area is 116 Å². The molecule has 1 N–H and O–H groups in total. The zero-order chi connectivity index (χ0) is 13.9. The van der Waals surface area contributed by atoms with Crippen LogP contribution in [-0.2, 0) is 4.74 Å². The van der Waals surface area contributed by atoms with Gasteiger partial charge in [-0.2, -0.15) is 0 Å². The summed E-state index contributed by atoms with van der Waals surface area (Å²) >= 11 is 0. The zero-order valence-corrected chi connectivity index (χ0v) is 12.4. The van der Waals surface area contributed by atoms with Crippen molar-refractivity contribution < 1.29 is 9.47 Å². The molecule has 3 nitrogen and oxygen atoms in total. The summed E-state index contributed by atoms with van der Waals surface area (Å²) in [6.07, 6.45) is 1.33. The average Bonchev–Trinajstić information content (AvgIpc) is 2.84. The third kappa shape index (κ3) is 3.95. The lowest BCUT2D eigenvalue weighted by molar-refractivity contribution is 0.0889. The third-order valence-electron chi connectivity index (χ3n) is 3.55. The highest BCUT2D eigenvalue weighted by molar-refractivity contribution is 5.29. The monoisotopic (exact) mass is 263 g/mol. The molecule has 2 atom stereocenters. The summed E-state index contributed by atoms with van der Waals surface area (Å²) in [5.74, 6) is 1.44. The molecule has 1 aromatic carbocycles. The molecule has 0 bridgehead atoms. The quantitative estimate of drug-likeness (QED) is 0.905. The van der Waals surface area contributed by atoms with E-state index in [4.69, 9.17) is 9.47 Å². The number of methoxy groups -OCH3 is 1. The number of hydrogen-bond acceptors (Lipinski definition) is 3. The Hall–Kier alpha value is -1.06. The van der Waals surface area contributed by atoms with Gasteiger partial charge in [0.15, 0.2) is 0 Å². The van der Waals surface area contributed by atoms with Gasteiger partial charge in [-0.05, 0) is 44.9 Å². The van der Waals surface area contributed by atoms with E-state index < -0.39 is 0 Å². The smallest absolute Gasteiger partial charge is 0.118 e. The predicted octanol–water partition coefficient (Wildman–Crippen LogP) is 3.16. The molecule has 0 aliphatic carbocycles. The van der Waals surface area contributed by atoms with E-state index in [1.165, 1.54) is 5.56 Å². The molecule has 3 heteroatoms. The first-order chi connectivity index (χ1) is 8.99. The molecule has 1 fully saturated rings. The van der Waals surface area contributed by atoms with Crippen molar-refractivity contribution in [1.82, 2.24) is 5.32 Å². The lowest BCUT2D eigenvalue weighted by Crippen LogP contribution is -2.39. The van der Waals surface area contributed by atoms with Crippen molar-refractivity contribution in [3.63, 3.8) is 0 Å². The minimum atomic E-state index is 0.160. The van der Waals surface area contributed by atoms with Crippen molar-refractivity contribution in [2.45, 2.75) is 38.8 Å². The van der Waals surface area contributed by atoms with E-state index in [1.807, 2.05) is 12.1 Å². The van der Waals surface area contributed by atoms with Gasteiger partial charge >= 0.3 is 0 Å². The van der Waals surface area contributed by atoms with E-state index in [9.17, 15) is 0 Å². The fourth-order valence-electron chi connectivity index (χ4n) is 2.44. The summed E-state index contributed by atoms with van der Waals surface area (Å²) < 4.78 is 11.1. The molecule has 0 amide bonds. The van der Waals surface area contributed by atoms with Crippen LogP contribution < -0.4 is 10.1 Å². The standard InChI is InChI=1S/C16H25NO2/c1-16(2,3)17-11-13-9-10-19-15(13)12-5-7-14(18-4)8-6-12/h5-8,13,15,17H,9-11H2,1-4H3. The highest BCUT2D eigenvalue weighted by Crippen LogP contribution is 2.35. The van der Waals surface area contributed by atoms with Gasteiger partial charge in [-0.25, -0.2) is 0 Å². The van der Waals surface area contributed by atoms with Crippen LogP contribution in [0, 0.1) is 5.92 Å². The van der Waals surface area contributed by atoms with E-state index in [1.54, 1.807) is 7.11 Å². The summed E-state index contributed by atoms with van der Waals surface area (Å²) in [6, 6.07) is 8.23. The van der Waals surface area contributed by atoms with E-state index in [0.29, 0.717) is 5.92 Å². The topological polar surface area (TPSA) is 30.5 Å². The number of hydrogen-bond donors (Lipinski definition) is 1. The average molecular weight is 263 g/mol. The first-order valence-corrected chi connectivity index (χ1v) is 7.00. The van der Waals surface area contributed by atoms with Crippen LogP contribution in [0.15, 0.2) is 24.3 Å². The molecule has 1 aliphatic heterocycles. The Morgan fingerprint density at radius 2 is 1.95 bits per heavy atom. The van der Waals surface area contributed by atoms with E-state index in [2.05, 4.69) is 38.2 Å². The van der Waals surface area contributed by atoms with Crippen LogP contribution in [0.1, 0.15) is 38.9 Å². The number of benzene rings is 1. The zero-order valence-electron chi connectivity index (χ0n) is 12.4. The molecule has 2 unspecified atom stereocenters. The molecule has 0 aromatic heterocycles. The molecular formula is C16H25NO2. The van der Waals surface area contributed by atoms with Crippen molar-refractivity contribution in [2.75, 3.05) is 20.3 Å². The highest BCUT2D eigenvalue weighted by Gasteiger charge is 2.30. The first-order valence-electron chi connectivity index (χ1n) is 7.00. The van der Waals surface area contributed by atoms with Gasteiger partial charge in [0.05, 0.1) is 13.2 Å². The molecule has 1 saturated heterocycles. The molecule has 0 saturated carbocycles. The number of ether oxygens (including phenoxy) is 2. The van der Waals surface area contributed by atoms with Crippen LogP contribution in [0.3, 0.4) is 0 Å². The second-order valence-electron chi connectivity index (χ2n) is 6.24. The van der Waals surface area contributed by atoms with Crippen LogP contribution in [0.2, 0.25) is 0 Å². The maximum atomic E-state index is 5.91. The molecular weight excluding hydrogens is 238 g/mol. The molecule has 106 valence electrons. The van der Waals surface area contributed by atoms with Crippen molar-refractivity contribution in [2.24, 2.45) is 5.92 Å². The summed E-state index contributed by atoms with van der Waals surface area (Å²) in [4.78, 5) is 0. The van der Waals surface area contributed by atoms with Gasteiger partial charge < -0.3 is 14.8 Å².